The third kappa shape index (κ3) is 4.66. The number of unbranched alkanes of at least 4 members (excludes halogenated alkanes) is 1. The Hall–Kier alpha value is -0.800. The van der Waals surface area contributed by atoms with Crippen LogP contribution in [0.4, 0.5) is 5.69 Å². The third-order valence-corrected chi connectivity index (χ3v) is 3.73. The minimum atomic E-state index is 0.681. The summed E-state index contributed by atoms with van der Waals surface area (Å²) in [6.07, 6.45) is 4.14. The van der Waals surface area contributed by atoms with Crippen LogP contribution in [0.15, 0.2) is 12.1 Å². The molecule has 0 fully saturated rings. The van der Waals surface area contributed by atoms with Crippen LogP contribution in [0, 0.1) is 0 Å². The summed E-state index contributed by atoms with van der Waals surface area (Å²) in [4.78, 5) is 0. The van der Waals surface area contributed by atoms with Gasteiger partial charge in [-0.1, -0.05) is 44.9 Å². The molecule has 0 bridgehead atoms. The number of rotatable bonds is 6. The molecule has 4 heteroatoms. The highest BCUT2D eigenvalue weighted by atomic mass is 35.5. The molecular weight excluding hydrogens is 276 g/mol. The topological polar surface area (TPSA) is 24.1 Å². The second kappa shape index (κ2) is 8.39. The highest BCUT2D eigenvalue weighted by Gasteiger charge is 2.11. The Morgan fingerprint density at radius 3 is 2.53 bits per heavy atom. The van der Waals surface area contributed by atoms with Crippen molar-refractivity contribution in [3.63, 3.8) is 0 Å². The predicted octanol–water partition coefficient (Wildman–Crippen LogP) is 4.55. The molecule has 1 rings (SSSR count). The minimum absolute atomic E-state index is 0.681. The van der Waals surface area contributed by atoms with Crippen molar-refractivity contribution in [3.8, 4) is 0 Å². The van der Waals surface area contributed by atoms with E-state index in [0.717, 1.165) is 48.5 Å². The molecule has 0 aliphatic rings. The summed E-state index contributed by atoms with van der Waals surface area (Å²) in [7, 11) is 0. The number of hydrogen-bond donors (Lipinski definition) is 2. The van der Waals surface area contributed by atoms with Crippen molar-refractivity contribution in [2.24, 2.45) is 0 Å². The van der Waals surface area contributed by atoms with Crippen LogP contribution in [0.3, 0.4) is 0 Å². The summed E-state index contributed by atoms with van der Waals surface area (Å²) >= 11 is 11.6. The minimum Gasteiger partial charge on any atom is -0.362 e. The second-order valence-electron chi connectivity index (χ2n) is 4.50. The summed E-state index contributed by atoms with van der Waals surface area (Å²) in [5, 5.41) is 8.03. The van der Waals surface area contributed by atoms with Crippen LogP contribution in [0.5, 0.6) is 0 Å². The fraction of sp³-hybridized carbons (Fsp3) is 0.533. The van der Waals surface area contributed by atoms with Gasteiger partial charge in [0.15, 0.2) is 5.11 Å². The Labute approximate surface area is 126 Å². The van der Waals surface area contributed by atoms with Gasteiger partial charge in [0.05, 0.1) is 0 Å². The largest absolute Gasteiger partial charge is 0.362 e. The molecule has 1 aromatic carbocycles. The smallest absolute Gasteiger partial charge is 0.170 e. The van der Waals surface area contributed by atoms with E-state index in [1.807, 2.05) is 6.07 Å². The summed E-state index contributed by atoms with van der Waals surface area (Å²) in [5.41, 5.74) is 3.47. The summed E-state index contributed by atoms with van der Waals surface area (Å²) < 4.78 is 0. The number of aryl methyl sites for hydroxylation is 1. The van der Waals surface area contributed by atoms with Crippen molar-refractivity contribution in [1.82, 2.24) is 5.32 Å². The molecule has 0 aliphatic heterocycles. The standard InChI is InChI=1S/C15H23ClN2S/c1-4-7-10-17-15(19)18-14-11(5-2)8-9-13(16)12(14)6-3/h8-9H,4-7,10H2,1-3H3,(H2,17,18,19). The molecule has 0 atom stereocenters. The molecule has 0 amide bonds. The Morgan fingerprint density at radius 2 is 1.95 bits per heavy atom. The van der Waals surface area contributed by atoms with Crippen molar-refractivity contribution in [2.75, 3.05) is 11.9 Å². The van der Waals surface area contributed by atoms with Crippen molar-refractivity contribution in [2.45, 2.75) is 46.5 Å². The number of thiocarbonyl (C=S) groups is 1. The van der Waals surface area contributed by atoms with E-state index in [1.54, 1.807) is 0 Å². The lowest BCUT2D eigenvalue weighted by Crippen LogP contribution is -2.30. The lowest BCUT2D eigenvalue weighted by atomic mass is 10.0. The molecule has 2 N–H and O–H groups in total. The molecule has 106 valence electrons. The van der Waals surface area contributed by atoms with Crippen molar-refractivity contribution < 1.29 is 0 Å². The van der Waals surface area contributed by atoms with Crippen LogP contribution in [0.25, 0.3) is 0 Å². The lowest BCUT2D eigenvalue weighted by Gasteiger charge is -2.18. The molecule has 0 aromatic heterocycles. The first-order valence-electron chi connectivity index (χ1n) is 6.99. The number of anilines is 1. The third-order valence-electron chi connectivity index (χ3n) is 3.13. The van der Waals surface area contributed by atoms with Gasteiger partial charge in [0.25, 0.3) is 0 Å². The molecular formula is C15H23ClN2S. The van der Waals surface area contributed by atoms with Gasteiger partial charge < -0.3 is 10.6 Å². The molecule has 0 heterocycles. The summed E-state index contributed by atoms with van der Waals surface area (Å²) in [6, 6.07) is 4.04. The normalized spacial score (nSPS) is 10.3. The van der Waals surface area contributed by atoms with E-state index in [9.17, 15) is 0 Å². The van der Waals surface area contributed by atoms with Crippen LogP contribution < -0.4 is 10.6 Å². The first kappa shape index (κ1) is 16.3. The maximum Gasteiger partial charge on any atom is 0.170 e. The van der Waals surface area contributed by atoms with Gasteiger partial charge in [-0.3, -0.25) is 0 Å². The van der Waals surface area contributed by atoms with Crippen LogP contribution in [-0.2, 0) is 12.8 Å². The van der Waals surface area contributed by atoms with Gasteiger partial charge in [0.2, 0.25) is 0 Å². The molecule has 0 aliphatic carbocycles. The molecule has 19 heavy (non-hydrogen) atoms. The number of hydrogen-bond acceptors (Lipinski definition) is 1. The van der Waals surface area contributed by atoms with E-state index in [4.69, 9.17) is 23.8 Å². The van der Waals surface area contributed by atoms with Gasteiger partial charge in [0.1, 0.15) is 0 Å². The number of nitrogens with one attached hydrogen (secondary N) is 2. The molecule has 0 radical (unpaired) electrons. The Morgan fingerprint density at radius 1 is 1.21 bits per heavy atom. The molecule has 0 unspecified atom stereocenters. The van der Waals surface area contributed by atoms with Crippen molar-refractivity contribution in [1.29, 1.82) is 0 Å². The second-order valence-corrected chi connectivity index (χ2v) is 5.32. The van der Waals surface area contributed by atoms with Gasteiger partial charge >= 0.3 is 0 Å². The quantitative estimate of drug-likeness (QED) is 0.595. The van der Waals surface area contributed by atoms with Crippen LogP contribution in [0.1, 0.15) is 44.7 Å². The molecule has 0 spiro atoms. The molecule has 2 nitrogen and oxygen atoms in total. The van der Waals surface area contributed by atoms with E-state index < -0.39 is 0 Å². The molecule has 1 aromatic rings. The highest BCUT2D eigenvalue weighted by molar-refractivity contribution is 7.80. The van der Waals surface area contributed by atoms with Crippen molar-refractivity contribution in [3.05, 3.63) is 28.3 Å². The number of halogens is 1. The SMILES string of the molecule is CCCCNC(=S)Nc1c(CC)ccc(Cl)c1CC. The van der Waals surface area contributed by atoms with Crippen molar-refractivity contribution >= 4 is 34.6 Å². The summed E-state index contributed by atoms with van der Waals surface area (Å²) in [5.74, 6) is 0. The van der Waals surface area contributed by atoms with Gasteiger partial charge in [-0.05, 0) is 48.7 Å². The maximum absolute atomic E-state index is 6.27. The molecule has 0 saturated carbocycles. The van der Waals surface area contributed by atoms with E-state index in [2.05, 4.69) is 37.5 Å². The van der Waals surface area contributed by atoms with Gasteiger partial charge in [-0.2, -0.15) is 0 Å². The zero-order chi connectivity index (χ0) is 14.3. The zero-order valence-electron chi connectivity index (χ0n) is 12.0. The first-order chi connectivity index (χ1) is 9.13. The van der Waals surface area contributed by atoms with Gasteiger partial charge in [-0.25, -0.2) is 0 Å². The predicted molar refractivity (Wildman–Crippen MR) is 89.3 cm³/mol. The average Bonchev–Trinajstić information content (AvgIpc) is 2.39. The Bertz CT molecular complexity index is 432. The van der Waals surface area contributed by atoms with E-state index in [0.29, 0.717) is 5.11 Å². The molecule has 0 saturated heterocycles. The lowest BCUT2D eigenvalue weighted by molar-refractivity contribution is 0.758. The van der Waals surface area contributed by atoms with E-state index >= 15 is 0 Å². The first-order valence-corrected chi connectivity index (χ1v) is 7.77. The summed E-state index contributed by atoms with van der Waals surface area (Å²) in [6.45, 7) is 7.33. The van der Waals surface area contributed by atoms with Crippen LogP contribution in [-0.4, -0.2) is 11.7 Å². The zero-order valence-corrected chi connectivity index (χ0v) is 13.5. The van der Waals surface area contributed by atoms with Gasteiger partial charge in [-0.15, -0.1) is 0 Å². The maximum atomic E-state index is 6.27. The monoisotopic (exact) mass is 298 g/mol. The highest BCUT2D eigenvalue weighted by Crippen LogP contribution is 2.29. The van der Waals surface area contributed by atoms with Crippen LogP contribution >= 0.6 is 23.8 Å². The Balaban J connectivity index is 2.86. The van der Waals surface area contributed by atoms with Gasteiger partial charge in [0, 0.05) is 17.3 Å². The fourth-order valence-electron chi connectivity index (χ4n) is 2.00. The fourth-order valence-corrected chi connectivity index (χ4v) is 2.50. The van der Waals surface area contributed by atoms with E-state index in [-0.39, 0.29) is 0 Å². The Kier molecular flexibility index (Phi) is 7.17. The number of benzene rings is 1. The van der Waals surface area contributed by atoms with E-state index in [1.165, 1.54) is 5.56 Å². The van der Waals surface area contributed by atoms with Crippen LogP contribution in [0.2, 0.25) is 5.02 Å². The average molecular weight is 299 g/mol.